The molecular formula is C16H17NO3. The first kappa shape index (κ1) is 13.9. The van der Waals surface area contributed by atoms with Gasteiger partial charge in [-0.3, -0.25) is 0 Å². The van der Waals surface area contributed by atoms with Gasteiger partial charge in [0.1, 0.15) is 17.9 Å². The summed E-state index contributed by atoms with van der Waals surface area (Å²) >= 11 is 0. The number of rotatable bonds is 4. The van der Waals surface area contributed by atoms with Crippen molar-refractivity contribution in [1.82, 2.24) is 0 Å². The molecule has 0 heterocycles. The molecule has 2 rings (SSSR count). The maximum absolute atomic E-state index is 12.1. The van der Waals surface area contributed by atoms with E-state index in [1.165, 1.54) is 7.11 Å². The molecule has 0 aliphatic rings. The van der Waals surface area contributed by atoms with E-state index < -0.39 is 5.97 Å². The van der Waals surface area contributed by atoms with Crippen molar-refractivity contribution in [2.45, 2.75) is 13.5 Å². The first-order valence-electron chi connectivity index (χ1n) is 6.27. The minimum Gasteiger partial charge on any atom is -0.496 e. The molecule has 0 atom stereocenters. The van der Waals surface area contributed by atoms with Gasteiger partial charge in [-0.1, -0.05) is 24.3 Å². The molecule has 2 aromatic rings. The Morgan fingerprint density at radius 3 is 2.65 bits per heavy atom. The molecule has 0 amide bonds. The summed E-state index contributed by atoms with van der Waals surface area (Å²) in [7, 11) is 1.49. The van der Waals surface area contributed by atoms with E-state index in [0.29, 0.717) is 17.0 Å². The summed E-state index contributed by atoms with van der Waals surface area (Å²) in [6.07, 6.45) is 0. The standard InChI is InChI=1S/C16H17NO3/c1-11-5-3-4-6-12(11)10-20-16(18)14-8-7-13(17)9-15(14)19-2/h3-9H,10,17H2,1-2H3. The lowest BCUT2D eigenvalue weighted by Crippen LogP contribution is -2.08. The van der Waals surface area contributed by atoms with Crippen LogP contribution < -0.4 is 10.5 Å². The Balaban J connectivity index is 2.11. The van der Waals surface area contributed by atoms with E-state index in [0.717, 1.165) is 11.1 Å². The molecule has 20 heavy (non-hydrogen) atoms. The number of hydrogen-bond acceptors (Lipinski definition) is 4. The largest absolute Gasteiger partial charge is 0.496 e. The summed E-state index contributed by atoms with van der Waals surface area (Å²) in [5.74, 6) is -0.00936. The zero-order chi connectivity index (χ0) is 14.5. The summed E-state index contributed by atoms with van der Waals surface area (Å²) in [5.41, 5.74) is 8.64. The monoisotopic (exact) mass is 271 g/mol. The highest BCUT2D eigenvalue weighted by molar-refractivity contribution is 5.93. The van der Waals surface area contributed by atoms with Crippen molar-refractivity contribution in [3.63, 3.8) is 0 Å². The predicted octanol–water partition coefficient (Wildman–Crippen LogP) is 2.94. The van der Waals surface area contributed by atoms with E-state index in [1.807, 2.05) is 31.2 Å². The number of anilines is 1. The summed E-state index contributed by atoms with van der Waals surface area (Å²) in [6, 6.07) is 12.6. The van der Waals surface area contributed by atoms with Gasteiger partial charge in [-0.25, -0.2) is 4.79 Å². The second-order valence-electron chi connectivity index (χ2n) is 4.46. The van der Waals surface area contributed by atoms with Crippen LogP contribution in [-0.4, -0.2) is 13.1 Å². The summed E-state index contributed by atoms with van der Waals surface area (Å²) in [6.45, 7) is 2.21. The van der Waals surface area contributed by atoms with Gasteiger partial charge in [-0.2, -0.15) is 0 Å². The van der Waals surface area contributed by atoms with Crippen molar-refractivity contribution < 1.29 is 14.3 Å². The smallest absolute Gasteiger partial charge is 0.342 e. The molecule has 0 saturated carbocycles. The van der Waals surface area contributed by atoms with Gasteiger partial charge in [0.2, 0.25) is 0 Å². The van der Waals surface area contributed by atoms with Crippen LogP contribution in [0.3, 0.4) is 0 Å². The van der Waals surface area contributed by atoms with Crippen LogP contribution in [0.15, 0.2) is 42.5 Å². The van der Waals surface area contributed by atoms with E-state index in [4.69, 9.17) is 15.2 Å². The number of carbonyl (C=O) groups excluding carboxylic acids is 1. The van der Waals surface area contributed by atoms with E-state index in [1.54, 1.807) is 18.2 Å². The summed E-state index contributed by atoms with van der Waals surface area (Å²) in [4.78, 5) is 12.1. The van der Waals surface area contributed by atoms with Gasteiger partial charge in [0.15, 0.2) is 0 Å². The van der Waals surface area contributed by atoms with Crippen LogP contribution in [0.4, 0.5) is 5.69 Å². The van der Waals surface area contributed by atoms with Gasteiger partial charge in [0.05, 0.1) is 7.11 Å². The molecule has 0 spiro atoms. The highest BCUT2D eigenvalue weighted by atomic mass is 16.5. The van der Waals surface area contributed by atoms with Crippen molar-refractivity contribution in [3.8, 4) is 5.75 Å². The van der Waals surface area contributed by atoms with Gasteiger partial charge in [0, 0.05) is 11.8 Å². The third-order valence-corrected chi connectivity index (χ3v) is 3.07. The number of hydrogen-bond donors (Lipinski definition) is 1. The fourth-order valence-corrected chi connectivity index (χ4v) is 1.87. The Labute approximate surface area is 118 Å². The predicted molar refractivity (Wildman–Crippen MR) is 77.7 cm³/mol. The number of carbonyl (C=O) groups is 1. The highest BCUT2D eigenvalue weighted by Crippen LogP contribution is 2.22. The first-order chi connectivity index (χ1) is 9.61. The maximum Gasteiger partial charge on any atom is 0.342 e. The molecule has 0 unspecified atom stereocenters. The molecule has 4 nitrogen and oxygen atoms in total. The zero-order valence-electron chi connectivity index (χ0n) is 11.6. The highest BCUT2D eigenvalue weighted by Gasteiger charge is 2.14. The third kappa shape index (κ3) is 3.09. The molecule has 104 valence electrons. The van der Waals surface area contributed by atoms with Crippen molar-refractivity contribution in [3.05, 3.63) is 59.2 Å². The average molecular weight is 271 g/mol. The fourth-order valence-electron chi connectivity index (χ4n) is 1.87. The number of aryl methyl sites for hydroxylation is 1. The van der Waals surface area contributed by atoms with Crippen LogP contribution in [0.5, 0.6) is 5.75 Å². The molecule has 0 fully saturated rings. The Morgan fingerprint density at radius 1 is 1.20 bits per heavy atom. The van der Waals surface area contributed by atoms with Crippen LogP contribution in [0, 0.1) is 6.92 Å². The molecule has 0 aliphatic heterocycles. The van der Waals surface area contributed by atoms with Crippen molar-refractivity contribution in [1.29, 1.82) is 0 Å². The number of ether oxygens (including phenoxy) is 2. The Kier molecular flexibility index (Phi) is 4.25. The van der Waals surface area contributed by atoms with Gasteiger partial charge < -0.3 is 15.2 Å². The quantitative estimate of drug-likeness (QED) is 0.686. The third-order valence-electron chi connectivity index (χ3n) is 3.07. The molecular weight excluding hydrogens is 254 g/mol. The lowest BCUT2D eigenvalue weighted by Gasteiger charge is -2.10. The van der Waals surface area contributed by atoms with Gasteiger partial charge in [0.25, 0.3) is 0 Å². The molecule has 0 radical (unpaired) electrons. The number of nitrogens with two attached hydrogens (primary N) is 1. The summed E-state index contributed by atoms with van der Waals surface area (Å²) < 4.78 is 10.5. The molecule has 2 N–H and O–H groups in total. The van der Waals surface area contributed by atoms with E-state index in [9.17, 15) is 4.79 Å². The molecule has 0 bridgehead atoms. The molecule has 2 aromatic carbocycles. The molecule has 0 aromatic heterocycles. The van der Waals surface area contributed by atoms with Crippen LogP contribution >= 0.6 is 0 Å². The van der Waals surface area contributed by atoms with E-state index >= 15 is 0 Å². The second kappa shape index (κ2) is 6.10. The van der Waals surface area contributed by atoms with Crippen LogP contribution in [0.25, 0.3) is 0 Å². The van der Waals surface area contributed by atoms with Crippen molar-refractivity contribution >= 4 is 11.7 Å². The summed E-state index contributed by atoms with van der Waals surface area (Å²) in [5, 5.41) is 0. The fraction of sp³-hybridized carbons (Fsp3) is 0.188. The minimum absolute atomic E-state index is 0.235. The van der Waals surface area contributed by atoms with Crippen LogP contribution in [0.2, 0.25) is 0 Å². The van der Waals surface area contributed by atoms with Crippen LogP contribution in [0.1, 0.15) is 21.5 Å². The van der Waals surface area contributed by atoms with Crippen molar-refractivity contribution in [2.75, 3.05) is 12.8 Å². The molecule has 4 heteroatoms. The second-order valence-corrected chi connectivity index (χ2v) is 4.46. The van der Waals surface area contributed by atoms with Crippen molar-refractivity contribution in [2.24, 2.45) is 0 Å². The number of benzene rings is 2. The number of esters is 1. The van der Waals surface area contributed by atoms with Crippen LogP contribution in [-0.2, 0) is 11.3 Å². The number of nitrogen functional groups attached to an aromatic ring is 1. The number of methoxy groups -OCH3 is 1. The molecule has 0 saturated heterocycles. The topological polar surface area (TPSA) is 61.5 Å². The lowest BCUT2D eigenvalue weighted by molar-refractivity contribution is 0.0468. The zero-order valence-corrected chi connectivity index (χ0v) is 11.6. The maximum atomic E-state index is 12.1. The van der Waals surface area contributed by atoms with Gasteiger partial charge in [-0.05, 0) is 30.2 Å². The minimum atomic E-state index is -0.426. The average Bonchev–Trinajstić information content (AvgIpc) is 2.46. The normalized spacial score (nSPS) is 10.1. The lowest BCUT2D eigenvalue weighted by atomic mass is 10.1. The SMILES string of the molecule is COc1cc(N)ccc1C(=O)OCc1ccccc1C. The first-order valence-corrected chi connectivity index (χ1v) is 6.27. The Bertz CT molecular complexity index is 623. The van der Waals surface area contributed by atoms with Gasteiger partial charge in [-0.15, -0.1) is 0 Å². The Morgan fingerprint density at radius 2 is 1.95 bits per heavy atom. The van der Waals surface area contributed by atoms with E-state index in [-0.39, 0.29) is 6.61 Å². The molecule has 0 aliphatic carbocycles. The van der Waals surface area contributed by atoms with E-state index in [2.05, 4.69) is 0 Å². The Hall–Kier alpha value is -2.49. The van der Waals surface area contributed by atoms with Gasteiger partial charge >= 0.3 is 5.97 Å².